The molecule has 0 aliphatic heterocycles. The Labute approximate surface area is 135 Å². The lowest BCUT2D eigenvalue weighted by Gasteiger charge is -2.09. The smallest absolute Gasteiger partial charge is 0.256 e. The Balaban J connectivity index is 2.25. The summed E-state index contributed by atoms with van der Waals surface area (Å²) in [6.07, 6.45) is 0. The molecule has 0 aromatic heterocycles. The van der Waals surface area contributed by atoms with Crippen molar-refractivity contribution in [2.45, 2.75) is 4.90 Å². The van der Waals surface area contributed by atoms with Crippen molar-refractivity contribution in [1.29, 1.82) is 0 Å². The fraction of sp³-hybridized carbons (Fsp3) is 0.0714. The van der Waals surface area contributed by atoms with E-state index in [0.717, 1.165) is 0 Å². The van der Waals surface area contributed by atoms with E-state index in [0.29, 0.717) is 31.4 Å². The molecule has 0 saturated heterocycles. The minimum Gasteiger partial charge on any atom is -0.495 e. The van der Waals surface area contributed by atoms with Crippen LogP contribution in [0.1, 0.15) is 10.4 Å². The van der Waals surface area contributed by atoms with Crippen LogP contribution < -0.4 is 10.1 Å². The van der Waals surface area contributed by atoms with Crippen molar-refractivity contribution in [3.63, 3.8) is 0 Å². The molecule has 0 aliphatic carbocycles. The van der Waals surface area contributed by atoms with Gasteiger partial charge in [0.1, 0.15) is 5.75 Å². The molecule has 1 N–H and O–H groups in total. The number of halogens is 2. The van der Waals surface area contributed by atoms with Crippen LogP contribution >= 0.6 is 40.2 Å². The molecule has 3 nitrogen and oxygen atoms in total. The Morgan fingerprint density at radius 2 is 2.05 bits per heavy atom. The van der Waals surface area contributed by atoms with Crippen molar-refractivity contribution < 1.29 is 9.53 Å². The highest BCUT2D eigenvalue weighted by Gasteiger charge is 2.11. The summed E-state index contributed by atoms with van der Waals surface area (Å²) >= 11 is 13.5. The maximum atomic E-state index is 12.2. The van der Waals surface area contributed by atoms with Crippen LogP contribution in [0.4, 0.5) is 5.69 Å². The average Bonchev–Trinajstić information content (AvgIpc) is 2.43. The van der Waals surface area contributed by atoms with Gasteiger partial charge in [-0.2, -0.15) is 0 Å². The summed E-state index contributed by atoms with van der Waals surface area (Å²) in [4.78, 5) is 12.9. The van der Waals surface area contributed by atoms with Crippen LogP contribution in [0.5, 0.6) is 5.75 Å². The molecular formula is C14H11BrClNO2S. The molecule has 20 heavy (non-hydrogen) atoms. The lowest BCUT2D eigenvalue weighted by Crippen LogP contribution is -2.12. The van der Waals surface area contributed by atoms with E-state index in [-0.39, 0.29) is 5.91 Å². The fourth-order valence-electron chi connectivity index (χ4n) is 1.62. The van der Waals surface area contributed by atoms with E-state index in [1.54, 1.807) is 36.4 Å². The molecule has 2 aromatic carbocycles. The number of carbonyl (C=O) groups excluding carboxylic acids is 1. The van der Waals surface area contributed by atoms with Crippen molar-refractivity contribution in [2.75, 3.05) is 12.4 Å². The molecule has 104 valence electrons. The van der Waals surface area contributed by atoms with Gasteiger partial charge in [-0.1, -0.05) is 11.6 Å². The quantitative estimate of drug-likeness (QED) is 0.770. The maximum absolute atomic E-state index is 12.2. The molecule has 0 aliphatic rings. The van der Waals surface area contributed by atoms with E-state index in [1.807, 2.05) is 0 Å². The molecule has 2 rings (SSSR count). The number of thiol groups is 1. The average molecular weight is 373 g/mol. The number of methoxy groups -OCH3 is 1. The molecule has 0 unspecified atom stereocenters. The minimum atomic E-state index is -0.239. The van der Waals surface area contributed by atoms with Crippen LogP contribution in [0.25, 0.3) is 0 Å². The van der Waals surface area contributed by atoms with E-state index in [1.165, 1.54) is 7.11 Å². The van der Waals surface area contributed by atoms with E-state index in [9.17, 15) is 4.79 Å². The second-order valence-corrected chi connectivity index (χ2v) is 5.75. The Morgan fingerprint density at radius 3 is 2.75 bits per heavy atom. The Hall–Kier alpha value is -1.17. The number of benzene rings is 2. The summed E-state index contributed by atoms with van der Waals surface area (Å²) < 4.78 is 5.81. The van der Waals surface area contributed by atoms with Crippen LogP contribution in [0.2, 0.25) is 5.02 Å². The predicted octanol–water partition coefficient (Wildman–Crippen LogP) is 4.65. The standard InChI is InChI=1S/C14H11BrClNO2S/c1-19-13-6-8(2-5-12(13)16)17-14(18)10-7-9(20)3-4-11(10)15/h2-7,20H,1H3,(H,17,18). The van der Waals surface area contributed by atoms with E-state index in [2.05, 4.69) is 33.9 Å². The van der Waals surface area contributed by atoms with Gasteiger partial charge in [-0.05, 0) is 46.3 Å². The zero-order chi connectivity index (χ0) is 14.7. The second kappa shape index (κ2) is 6.52. The minimum absolute atomic E-state index is 0.239. The van der Waals surface area contributed by atoms with Gasteiger partial charge >= 0.3 is 0 Å². The van der Waals surface area contributed by atoms with Crippen molar-refractivity contribution in [2.24, 2.45) is 0 Å². The van der Waals surface area contributed by atoms with Gasteiger partial charge in [0.15, 0.2) is 0 Å². The normalized spacial score (nSPS) is 10.2. The Kier molecular flexibility index (Phi) is 4.96. The first kappa shape index (κ1) is 15.2. The number of hydrogen-bond acceptors (Lipinski definition) is 3. The van der Waals surface area contributed by atoms with Crippen molar-refractivity contribution in [1.82, 2.24) is 0 Å². The molecule has 0 fully saturated rings. The number of amides is 1. The Bertz CT molecular complexity index is 664. The largest absolute Gasteiger partial charge is 0.495 e. The third-order valence-corrected chi connectivity index (χ3v) is 3.89. The van der Waals surface area contributed by atoms with Gasteiger partial charge in [0.2, 0.25) is 0 Å². The van der Waals surface area contributed by atoms with Crippen LogP contribution in [-0.4, -0.2) is 13.0 Å². The van der Waals surface area contributed by atoms with Gasteiger partial charge in [-0.3, -0.25) is 4.79 Å². The molecule has 0 spiro atoms. The number of ether oxygens (including phenoxy) is 1. The third-order valence-electron chi connectivity index (χ3n) is 2.60. The topological polar surface area (TPSA) is 38.3 Å². The van der Waals surface area contributed by atoms with Gasteiger partial charge in [-0.15, -0.1) is 12.6 Å². The highest BCUT2D eigenvalue weighted by Crippen LogP contribution is 2.28. The molecule has 0 atom stereocenters. The first-order valence-corrected chi connectivity index (χ1v) is 7.26. The van der Waals surface area contributed by atoms with E-state index < -0.39 is 0 Å². The third kappa shape index (κ3) is 3.48. The summed E-state index contributed by atoms with van der Waals surface area (Å²) in [7, 11) is 1.52. The molecular weight excluding hydrogens is 362 g/mol. The van der Waals surface area contributed by atoms with Crippen LogP contribution in [0.3, 0.4) is 0 Å². The fourth-order valence-corrected chi connectivity index (χ4v) is 2.45. The van der Waals surface area contributed by atoms with Crippen LogP contribution in [0.15, 0.2) is 45.8 Å². The van der Waals surface area contributed by atoms with E-state index in [4.69, 9.17) is 16.3 Å². The molecule has 2 aromatic rings. The molecule has 1 amide bonds. The molecule has 0 bridgehead atoms. The number of rotatable bonds is 3. The molecule has 6 heteroatoms. The lowest BCUT2D eigenvalue weighted by atomic mass is 10.2. The number of anilines is 1. The van der Waals surface area contributed by atoms with Crippen molar-refractivity contribution >= 4 is 51.8 Å². The number of nitrogens with one attached hydrogen (secondary N) is 1. The maximum Gasteiger partial charge on any atom is 0.256 e. The summed E-state index contributed by atoms with van der Waals surface area (Å²) in [6.45, 7) is 0. The first-order chi connectivity index (χ1) is 9.51. The predicted molar refractivity (Wildman–Crippen MR) is 87.4 cm³/mol. The monoisotopic (exact) mass is 371 g/mol. The van der Waals surface area contributed by atoms with Crippen LogP contribution in [-0.2, 0) is 0 Å². The van der Waals surface area contributed by atoms with Gasteiger partial charge in [0.25, 0.3) is 5.91 Å². The summed E-state index contributed by atoms with van der Waals surface area (Å²) in [6, 6.07) is 10.3. The van der Waals surface area contributed by atoms with Crippen LogP contribution in [0, 0.1) is 0 Å². The molecule has 0 heterocycles. The van der Waals surface area contributed by atoms with Crippen molar-refractivity contribution in [3.05, 3.63) is 51.5 Å². The highest BCUT2D eigenvalue weighted by atomic mass is 79.9. The summed E-state index contributed by atoms with van der Waals surface area (Å²) in [5.74, 6) is 0.267. The Morgan fingerprint density at radius 1 is 1.30 bits per heavy atom. The van der Waals surface area contributed by atoms with Gasteiger partial charge in [0, 0.05) is 21.1 Å². The lowest BCUT2D eigenvalue weighted by molar-refractivity contribution is 0.102. The molecule has 0 radical (unpaired) electrons. The first-order valence-electron chi connectivity index (χ1n) is 5.64. The van der Waals surface area contributed by atoms with E-state index >= 15 is 0 Å². The number of hydrogen-bond donors (Lipinski definition) is 2. The second-order valence-electron chi connectivity index (χ2n) is 3.97. The summed E-state index contributed by atoms with van der Waals surface area (Å²) in [5, 5.41) is 3.28. The van der Waals surface area contributed by atoms with Gasteiger partial charge in [-0.25, -0.2) is 0 Å². The zero-order valence-electron chi connectivity index (χ0n) is 10.5. The van der Waals surface area contributed by atoms with Gasteiger partial charge < -0.3 is 10.1 Å². The number of carbonyl (C=O) groups is 1. The van der Waals surface area contributed by atoms with Crippen molar-refractivity contribution in [3.8, 4) is 5.75 Å². The molecule has 0 saturated carbocycles. The highest BCUT2D eigenvalue weighted by molar-refractivity contribution is 9.10. The SMILES string of the molecule is COc1cc(NC(=O)c2cc(S)ccc2Br)ccc1Cl. The summed E-state index contributed by atoms with van der Waals surface area (Å²) in [5.41, 5.74) is 1.11. The van der Waals surface area contributed by atoms with Gasteiger partial charge in [0.05, 0.1) is 17.7 Å². The zero-order valence-corrected chi connectivity index (χ0v) is 13.7.